The average Bonchev–Trinajstić information content (AvgIpc) is 3.13. The summed E-state index contributed by atoms with van der Waals surface area (Å²) in [6.07, 6.45) is 4.67. The summed E-state index contributed by atoms with van der Waals surface area (Å²) in [4.78, 5) is 9.66. The van der Waals surface area contributed by atoms with Gasteiger partial charge in [0.2, 0.25) is 0 Å². The lowest BCUT2D eigenvalue weighted by Crippen LogP contribution is -2.45. The van der Waals surface area contributed by atoms with Crippen molar-refractivity contribution in [2.24, 2.45) is 0 Å². The van der Waals surface area contributed by atoms with Crippen molar-refractivity contribution < 1.29 is 4.74 Å². The summed E-state index contributed by atoms with van der Waals surface area (Å²) in [6.45, 7) is 6.47. The monoisotopic (exact) mass is 431 g/mol. The van der Waals surface area contributed by atoms with E-state index in [1.165, 1.54) is 31.5 Å². The second-order valence-corrected chi connectivity index (χ2v) is 6.84. The number of halogens is 3. The fourth-order valence-corrected chi connectivity index (χ4v) is 3.85. The van der Waals surface area contributed by atoms with E-state index in [-0.39, 0.29) is 43.3 Å². The highest BCUT2D eigenvalue weighted by Crippen LogP contribution is 2.37. The maximum absolute atomic E-state index is 6.00. The van der Waals surface area contributed by atoms with Gasteiger partial charge in [0.1, 0.15) is 6.10 Å². The normalized spacial score (nSPS) is 19.6. The molecule has 2 aliphatic rings. The molecule has 27 heavy (non-hydrogen) atoms. The number of hydrogen-bond acceptors (Lipinski definition) is 4. The van der Waals surface area contributed by atoms with Crippen molar-refractivity contribution in [2.45, 2.75) is 31.9 Å². The van der Waals surface area contributed by atoms with Crippen molar-refractivity contribution in [3.63, 3.8) is 0 Å². The third-order valence-corrected chi connectivity index (χ3v) is 5.00. The lowest BCUT2D eigenvalue weighted by Gasteiger charge is -2.40. The van der Waals surface area contributed by atoms with E-state index in [0.29, 0.717) is 6.04 Å². The van der Waals surface area contributed by atoms with Crippen molar-refractivity contribution in [1.82, 2.24) is 9.88 Å². The van der Waals surface area contributed by atoms with Crippen LogP contribution in [0.5, 0.6) is 5.75 Å². The SMILES string of the molecule is CC1CN(C(CN2CCCC2)c2ccccc2)c2ncccc2O1.Cl.Cl.Cl. The molecule has 0 amide bonds. The van der Waals surface area contributed by atoms with E-state index < -0.39 is 0 Å². The first-order valence-corrected chi connectivity index (χ1v) is 8.97. The summed E-state index contributed by atoms with van der Waals surface area (Å²) < 4.78 is 6.00. The van der Waals surface area contributed by atoms with Gasteiger partial charge in [-0.15, -0.1) is 37.2 Å². The summed E-state index contributed by atoms with van der Waals surface area (Å²) in [5.74, 6) is 1.88. The molecule has 3 heterocycles. The van der Waals surface area contributed by atoms with Gasteiger partial charge in [0.25, 0.3) is 0 Å². The molecule has 0 bridgehead atoms. The van der Waals surface area contributed by atoms with Gasteiger partial charge < -0.3 is 14.5 Å². The molecular weight excluding hydrogens is 405 g/mol. The van der Waals surface area contributed by atoms with Crippen LogP contribution < -0.4 is 9.64 Å². The Morgan fingerprint density at radius 1 is 1.04 bits per heavy atom. The molecule has 0 aliphatic carbocycles. The van der Waals surface area contributed by atoms with Crippen molar-refractivity contribution >= 4 is 43.0 Å². The Bertz CT molecular complexity index is 683. The fourth-order valence-electron chi connectivity index (χ4n) is 3.85. The molecule has 0 radical (unpaired) electrons. The second-order valence-electron chi connectivity index (χ2n) is 6.84. The molecule has 2 aliphatic heterocycles. The van der Waals surface area contributed by atoms with Gasteiger partial charge in [-0.2, -0.15) is 0 Å². The Morgan fingerprint density at radius 2 is 1.74 bits per heavy atom. The number of nitrogens with zero attached hydrogens (tertiary/aromatic N) is 3. The van der Waals surface area contributed by atoms with Crippen LogP contribution in [0, 0.1) is 0 Å². The van der Waals surface area contributed by atoms with Gasteiger partial charge in [0.05, 0.1) is 12.6 Å². The van der Waals surface area contributed by atoms with E-state index in [1.807, 2.05) is 18.3 Å². The summed E-state index contributed by atoms with van der Waals surface area (Å²) in [6, 6.07) is 15.1. The Kier molecular flexibility index (Phi) is 9.68. The molecule has 2 atom stereocenters. The number of pyridine rings is 1. The number of aromatic nitrogens is 1. The largest absolute Gasteiger partial charge is 0.485 e. The van der Waals surface area contributed by atoms with Crippen molar-refractivity contribution in [1.29, 1.82) is 0 Å². The Hall–Kier alpha value is -1.20. The minimum atomic E-state index is 0. The molecule has 150 valence electrons. The minimum Gasteiger partial charge on any atom is -0.485 e. The number of fused-ring (bicyclic) bond motifs is 1. The van der Waals surface area contributed by atoms with E-state index in [1.54, 1.807) is 0 Å². The van der Waals surface area contributed by atoms with Crippen LogP contribution in [0.15, 0.2) is 48.7 Å². The Balaban J connectivity index is 0.00000121. The number of rotatable bonds is 4. The summed E-state index contributed by atoms with van der Waals surface area (Å²) in [5, 5.41) is 0. The number of anilines is 1. The smallest absolute Gasteiger partial charge is 0.172 e. The number of hydrogen-bond donors (Lipinski definition) is 0. The van der Waals surface area contributed by atoms with Crippen LogP contribution in [0.3, 0.4) is 0 Å². The van der Waals surface area contributed by atoms with E-state index in [2.05, 4.69) is 52.0 Å². The van der Waals surface area contributed by atoms with E-state index in [4.69, 9.17) is 4.74 Å². The zero-order chi connectivity index (χ0) is 16.4. The predicted molar refractivity (Wildman–Crippen MR) is 118 cm³/mol. The molecule has 4 nitrogen and oxygen atoms in total. The lowest BCUT2D eigenvalue weighted by molar-refractivity contribution is 0.199. The molecule has 1 aromatic carbocycles. The minimum absolute atomic E-state index is 0. The number of benzene rings is 1. The van der Waals surface area contributed by atoms with Crippen LogP contribution in [0.2, 0.25) is 0 Å². The highest BCUT2D eigenvalue weighted by Gasteiger charge is 2.32. The van der Waals surface area contributed by atoms with Crippen LogP contribution >= 0.6 is 37.2 Å². The van der Waals surface area contributed by atoms with Gasteiger partial charge in [-0.05, 0) is 50.6 Å². The van der Waals surface area contributed by atoms with Gasteiger partial charge in [0.15, 0.2) is 11.6 Å². The van der Waals surface area contributed by atoms with Crippen molar-refractivity contribution in [2.75, 3.05) is 31.1 Å². The standard InChI is InChI=1S/C20H25N3O.3ClH/c1-16-14-23(20-19(24-16)10-7-11-21-20)18(15-22-12-5-6-13-22)17-8-3-2-4-9-17;;;/h2-4,7-11,16,18H,5-6,12-15H2,1H3;3*1H. The summed E-state index contributed by atoms with van der Waals surface area (Å²) in [7, 11) is 0. The van der Waals surface area contributed by atoms with Gasteiger partial charge in [0, 0.05) is 12.7 Å². The van der Waals surface area contributed by atoms with Crippen LogP contribution in [-0.2, 0) is 0 Å². The highest BCUT2D eigenvalue weighted by atomic mass is 35.5. The lowest BCUT2D eigenvalue weighted by atomic mass is 10.0. The van der Waals surface area contributed by atoms with E-state index in [0.717, 1.165) is 24.7 Å². The molecule has 0 saturated carbocycles. The molecule has 0 spiro atoms. The van der Waals surface area contributed by atoms with Crippen LogP contribution in [0.25, 0.3) is 0 Å². The zero-order valence-electron chi connectivity index (χ0n) is 15.5. The topological polar surface area (TPSA) is 28.6 Å². The van der Waals surface area contributed by atoms with Crippen LogP contribution in [0.1, 0.15) is 31.4 Å². The van der Waals surface area contributed by atoms with Crippen molar-refractivity contribution in [3.8, 4) is 5.75 Å². The summed E-state index contributed by atoms with van der Waals surface area (Å²) >= 11 is 0. The quantitative estimate of drug-likeness (QED) is 0.695. The van der Waals surface area contributed by atoms with E-state index >= 15 is 0 Å². The molecule has 2 unspecified atom stereocenters. The van der Waals surface area contributed by atoms with Crippen molar-refractivity contribution in [3.05, 3.63) is 54.2 Å². The molecule has 4 rings (SSSR count). The third kappa shape index (κ3) is 5.41. The molecule has 0 N–H and O–H groups in total. The highest BCUT2D eigenvalue weighted by molar-refractivity contribution is 5.86. The molecule has 1 saturated heterocycles. The van der Waals surface area contributed by atoms with Gasteiger partial charge in [-0.3, -0.25) is 0 Å². The van der Waals surface area contributed by atoms with Gasteiger partial charge in [-0.25, -0.2) is 4.98 Å². The first-order valence-electron chi connectivity index (χ1n) is 8.97. The molecule has 7 heteroatoms. The van der Waals surface area contributed by atoms with Gasteiger partial charge >= 0.3 is 0 Å². The number of likely N-dealkylation sites (tertiary alicyclic amines) is 1. The Morgan fingerprint density at radius 3 is 2.44 bits per heavy atom. The van der Waals surface area contributed by atoms with E-state index in [9.17, 15) is 0 Å². The second kappa shape index (κ2) is 11.0. The molecule has 2 aromatic rings. The predicted octanol–water partition coefficient (Wildman–Crippen LogP) is 4.77. The fraction of sp³-hybridized carbons (Fsp3) is 0.450. The first-order chi connectivity index (χ1) is 11.8. The molecule has 1 aromatic heterocycles. The van der Waals surface area contributed by atoms with Gasteiger partial charge in [-0.1, -0.05) is 30.3 Å². The van der Waals surface area contributed by atoms with Crippen LogP contribution in [-0.4, -0.2) is 42.2 Å². The first kappa shape index (κ1) is 23.8. The molecular formula is C20H28Cl3N3O. The molecule has 1 fully saturated rings. The third-order valence-electron chi connectivity index (χ3n) is 5.00. The zero-order valence-corrected chi connectivity index (χ0v) is 17.9. The van der Waals surface area contributed by atoms with Crippen LogP contribution in [0.4, 0.5) is 5.82 Å². The number of ether oxygens (including phenoxy) is 1. The average molecular weight is 433 g/mol. The Labute approximate surface area is 180 Å². The maximum atomic E-state index is 6.00. The summed E-state index contributed by atoms with van der Waals surface area (Å²) in [5.41, 5.74) is 1.36. The maximum Gasteiger partial charge on any atom is 0.172 e.